The molecule has 0 atom stereocenters. The number of aliphatic hydroxyl groups is 1. The number of hydrogen-bond acceptors (Lipinski definition) is 4. The molecule has 1 saturated heterocycles. The Morgan fingerprint density at radius 2 is 1.69 bits per heavy atom. The van der Waals surface area contributed by atoms with E-state index in [2.05, 4.69) is 4.90 Å². The minimum Gasteiger partial charge on any atom is -0.396 e. The van der Waals surface area contributed by atoms with Gasteiger partial charge in [0.25, 0.3) is 0 Å². The Hall–Kier alpha value is -0.170. The van der Waals surface area contributed by atoms with Crippen molar-refractivity contribution < 1.29 is 13.5 Å². The van der Waals surface area contributed by atoms with E-state index in [1.807, 2.05) is 7.05 Å². The van der Waals surface area contributed by atoms with Gasteiger partial charge in [-0.3, -0.25) is 0 Å². The summed E-state index contributed by atoms with van der Waals surface area (Å²) in [4.78, 5) is 2.11. The van der Waals surface area contributed by atoms with Crippen molar-refractivity contribution in [1.29, 1.82) is 0 Å². The van der Waals surface area contributed by atoms with Gasteiger partial charge in [0, 0.05) is 38.2 Å². The molecule has 0 unspecified atom stereocenters. The van der Waals surface area contributed by atoms with Crippen LogP contribution in [0.5, 0.6) is 0 Å². The van der Waals surface area contributed by atoms with Crippen molar-refractivity contribution in [3.63, 3.8) is 0 Å². The molecule has 0 bridgehead atoms. The Labute approximate surface area is 98.1 Å². The lowest BCUT2D eigenvalue weighted by molar-refractivity contribution is 0.174. The zero-order chi connectivity index (χ0) is 12.4. The van der Waals surface area contributed by atoms with E-state index in [-0.39, 0.29) is 12.4 Å². The van der Waals surface area contributed by atoms with E-state index in [1.165, 1.54) is 4.31 Å². The van der Waals surface area contributed by atoms with Crippen LogP contribution < -0.4 is 0 Å². The topological polar surface area (TPSA) is 60.9 Å². The highest BCUT2D eigenvalue weighted by molar-refractivity contribution is 7.89. The predicted molar refractivity (Wildman–Crippen MR) is 63.7 cm³/mol. The van der Waals surface area contributed by atoms with E-state index in [1.54, 1.807) is 13.8 Å². The minimum atomic E-state index is -3.23. The molecular formula is C10H22N2O3S. The molecule has 1 fully saturated rings. The SMILES string of the molecule is CN1CCN(S(=O)(=O)CC(C)(C)CO)CC1. The lowest BCUT2D eigenvalue weighted by Crippen LogP contribution is -2.49. The molecule has 0 aromatic heterocycles. The third-order valence-corrected chi connectivity index (χ3v) is 5.16. The summed E-state index contributed by atoms with van der Waals surface area (Å²) in [5.41, 5.74) is -0.567. The van der Waals surface area contributed by atoms with Crippen molar-refractivity contribution in [2.24, 2.45) is 5.41 Å². The Balaban J connectivity index is 2.64. The number of nitrogens with zero attached hydrogens (tertiary/aromatic N) is 2. The molecule has 1 aliphatic heterocycles. The number of rotatable bonds is 4. The molecule has 1 aliphatic rings. The summed E-state index contributed by atoms with van der Waals surface area (Å²) in [6, 6.07) is 0. The van der Waals surface area contributed by atoms with E-state index < -0.39 is 15.4 Å². The highest BCUT2D eigenvalue weighted by Gasteiger charge is 2.31. The fraction of sp³-hybridized carbons (Fsp3) is 1.00. The number of aliphatic hydroxyl groups excluding tert-OH is 1. The summed E-state index contributed by atoms with van der Waals surface area (Å²) in [7, 11) is -1.24. The van der Waals surface area contributed by atoms with Crippen molar-refractivity contribution in [3.8, 4) is 0 Å². The highest BCUT2D eigenvalue weighted by Crippen LogP contribution is 2.19. The van der Waals surface area contributed by atoms with Crippen molar-refractivity contribution in [1.82, 2.24) is 9.21 Å². The van der Waals surface area contributed by atoms with Crippen molar-refractivity contribution in [2.45, 2.75) is 13.8 Å². The number of likely N-dealkylation sites (N-methyl/N-ethyl adjacent to an activating group) is 1. The smallest absolute Gasteiger partial charge is 0.214 e. The lowest BCUT2D eigenvalue weighted by Gasteiger charge is -2.33. The monoisotopic (exact) mass is 250 g/mol. The zero-order valence-corrected chi connectivity index (χ0v) is 11.1. The summed E-state index contributed by atoms with van der Waals surface area (Å²) in [6.07, 6.45) is 0. The third-order valence-electron chi connectivity index (χ3n) is 2.86. The quantitative estimate of drug-likeness (QED) is 0.736. The van der Waals surface area contributed by atoms with Crippen LogP contribution in [0.15, 0.2) is 0 Å². The van der Waals surface area contributed by atoms with Gasteiger partial charge in [0.05, 0.1) is 5.75 Å². The first-order valence-electron chi connectivity index (χ1n) is 5.54. The number of piperazine rings is 1. The van der Waals surface area contributed by atoms with E-state index in [0.29, 0.717) is 13.1 Å². The van der Waals surface area contributed by atoms with Gasteiger partial charge in [-0.2, -0.15) is 4.31 Å². The van der Waals surface area contributed by atoms with Crippen molar-refractivity contribution in [2.75, 3.05) is 45.6 Å². The van der Waals surface area contributed by atoms with Crippen molar-refractivity contribution in [3.05, 3.63) is 0 Å². The maximum Gasteiger partial charge on any atom is 0.214 e. The molecule has 0 amide bonds. The van der Waals surface area contributed by atoms with Crippen LogP contribution in [0, 0.1) is 5.41 Å². The predicted octanol–water partition coefficient (Wildman–Crippen LogP) is -0.418. The first-order chi connectivity index (χ1) is 7.27. The van der Waals surface area contributed by atoms with Gasteiger partial charge in [0.15, 0.2) is 0 Å². The summed E-state index contributed by atoms with van der Waals surface area (Å²) < 4.78 is 25.7. The van der Waals surface area contributed by atoms with Gasteiger partial charge in [0.1, 0.15) is 0 Å². The molecule has 5 nitrogen and oxygen atoms in total. The first-order valence-corrected chi connectivity index (χ1v) is 7.15. The van der Waals surface area contributed by atoms with Crippen LogP contribution in [-0.4, -0.2) is 68.3 Å². The van der Waals surface area contributed by atoms with Gasteiger partial charge in [0.2, 0.25) is 10.0 Å². The Morgan fingerprint density at radius 3 is 2.12 bits per heavy atom. The van der Waals surface area contributed by atoms with Crippen LogP contribution in [-0.2, 0) is 10.0 Å². The first kappa shape index (κ1) is 13.9. The molecular weight excluding hydrogens is 228 g/mol. The van der Waals surface area contributed by atoms with Gasteiger partial charge in [-0.1, -0.05) is 13.8 Å². The van der Waals surface area contributed by atoms with Crippen LogP contribution >= 0.6 is 0 Å². The van der Waals surface area contributed by atoms with Gasteiger partial charge < -0.3 is 10.0 Å². The van der Waals surface area contributed by atoms with Crippen LogP contribution in [0.3, 0.4) is 0 Å². The molecule has 1 rings (SSSR count). The van der Waals surface area contributed by atoms with Gasteiger partial charge in [-0.15, -0.1) is 0 Å². The fourth-order valence-electron chi connectivity index (χ4n) is 1.70. The summed E-state index contributed by atoms with van der Waals surface area (Å²) in [5, 5.41) is 9.11. The van der Waals surface area contributed by atoms with Gasteiger partial charge >= 0.3 is 0 Å². The van der Waals surface area contributed by atoms with E-state index in [0.717, 1.165) is 13.1 Å². The average molecular weight is 250 g/mol. The molecule has 96 valence electrons. The normalized spacial score (nSPS) is 21.2. The Morgan fingerprint density at radius 1 is 1.19 bits per heavy atom. The van der Waals surface area contributed by atoms with Gasteiger partial charge in [-0.05, 0) is 7.05 Å². The van der Waals surface area contributed by atoms with Crippen LogP contribution in [0.1, 0.15) is 13.8 Å². The van der Waals surface area contributed by atoms with E-state index in [9.17, 15) is 8.42 Å². The molecule has 0 radical (unpaired) electrons. The highest BCUT2D eigenvalue weighted by atomic mass is 32.2. The zero-order valence-electron chi connectivity index (χ0n) is 10.3. The molecule has 0 saturated carbocycles. The number of hydrogen-bond donors (Lipinski definition) is 1. The van der Waals surface area contributed by atoms with Crippen LogP contribution in [0.2, 0.25) is 0 Å². The molecule has 0 aromatic rings. The van der Waals surface area contributed by atoms with Crippen LogP contribution in [0.25, 0.3) is 0 Å². The molecule has 0 aromatic carbocycles. The van der Waals surface area contributed by atoms with Crippen LogP contribution in [0.4, 0.5) is 0 Å². The fourth-order valence-corrected chi connectivity index (χ4v) is 3.68. The lowest BCUT2D eigenvalue weighted by atomic mass is 9.98. The molecule has 1 heterocycles. The summed E-state index contributed by atoms with van der Waals surface area (Å²) >= 11 is 0. The van der Waals surface area contributed by atoms with Gasteiger partial charge in [-0.25, -0.2) is 8.42 Å². The third kappa shape index (κ3) is 3.69. The molecule has 6 heteroatoms. The molecule has 0 spiro atoms. The summed E-state index contributed by atoms with van der Waals surface area (Å²) in [6.45, 7) is 6.08. The molecule has 1 N–H and O–H groups in total. The largest absolute Gasteiger partial charge is 0.396 e. The summed E-state index contributed by atoms with van der Waals surface area (Å²) in [5.74, 6) is 0.0141. The second-order valence-corrected chi connectivity index (χ2v) is 7.25. The molecule has 0 aliphatic carbocycles. The second kappa shape index (κ2) is 5.00. The molecule has 16 heavy (non-hydrogen) atoms. The Bertz CT molecular complexity index is 319. The second-order valence-electron chi connectivity index (χ2n) is 5.28. The Kier molecular flexibility index (Phi) is 4.34. The van der Waals surface area contributed by atoms with E-state index >= 15 is 0 Å². The van der Waals surface area contributed by atoms with E-state index in [4.69, 9.17) is 5.11 Å². The van der Waals surface area contributed by atoms with Crippen molar-refractivity contribution >= 4 is 10.0 Å². The number of sulfonamides is 1. The average Bonchev–Trinajstić information content (AvgIpc) is 2.17. The standard InChI is InChI=1S/C10H22N2O3S/c1-10(2,8-13)9-16(14,15)12-6-4-11(3)5-7-12/h13H,4-9H2,1-3H3. The maximum atomic E-state index is 12.1. The maximum absolute atomic E-state index is 12.1. The minimum absolute atomic E-state index is 0.0141.